The summed E-state index contributed by atoms with van der Waals surface area (Å²) in [5.41, 5.74) is 4.14. The van der Waals surface area contributed by atoms with Crippen molar-refractivity contribution in [3.63, 3.8) is 0 Å². The van der Waals surface area contributed by atoms with E-state index in [0.717, 1.165) is 5.88 Å². The van der Waals surface area contributed by atoms with Gasteiger partial charge in [-0.15, -0.1) is 11.8 Å². The second kappa shape index (κ2) is 5.57. The van der Waals surface area contributed by atoms with Crippen molar-refractivity contribution in [1.29, 1.82) is 0 Å². The second-order valence-electron chi connectivity index (χ2n) is 4.38. The standard InChI is InChI=1S/C13H21NS/c1-9(2)14-8-15-13-11(4)6-10(3)7-12(13)5/h6-7,9,14H,8H2,1-5H3. The smallest absolute Gasteiger partial charge is 0.0467 e. The molecular weight excluding hydrogens is 202 g/mol. The molecule has 0 fully saturated rings. The van der Waals surface area contributed by atoms with Crippen LogP contribution in [0.5, 0.6) is 0 Å². The molecule has 0 aliphatic rings. The highest BCUT2D eigenvalue weighted by Crippen LogP contribution is 2.26. The Hall–Kier alpha value is -0.470. The highest BCUT2D eigenvalue weighted by atomic mass is 32.2. The fraction of sp³-hybridized carbons (Fsp3) is 0.538. The van der Waals surface area contributed by atoms with E-state index in [2.05, 4.69) is 52.1 Å². The lowest BCUT2D eigenvalue weighted by Crippen LogP contribution is -2.21. The zero-order chi connectivity index (χ0) is 11.4. The van der Waals surface area contributed by atoms with Crippen LogP contribution in [0.15, 0.2) is 17.0 Å². The normalized spacial score (nSPS) is 11.1. The topological polar surface area (TPSA) is 12.0 Å². The van der Waals surface area contributed by atoms with Crippen molar-refractivity contribution in [2.45, 2.75) is 45.6 Å². The van der Waals surface area contributed by atoms with Crippen LogP contribution in [0.3, 0.4) is 0 Å². The SMILES string of the molecule is Cc1cc(C)c(SCNC(C)C)c(C)c1. The van der Waals surface area contributed by atoms with E-state index in [1.165, 1.54) is 21.6 Å². The van der Waals surface area contributed by atoms with Crippen LogP contribution in [0.2, 0.25) is 0 Å². The average molecular weight is 223 g/mol. The monoisotopic (exact) mass is 223 g/mol. The van der Waals surface area contributed by atoms with E-state index < -0.39 is 0 Å². The fourth-order valence-corrected chi connectivity index (χ4v) is 2.81. The summed E-state index contributed by atoms with van der Waals surface area (Å²) in [6.07, 6.45) is 0. The number of benzene rings is 1. The molecule has 84 valence electrons. The van der Waals surface area contributed by atoms with Crippen molar-refractivity contribution >= 4 is 11.8 Å². The molecule has 0 spiro atoms. The first-order chi connectivity index (χ1) is 7.00. The Labute approximate surface area is 97.7 Å². The van der Waals surface area contributed by atoms with Crippen LogP contribution in [0, 0.1) is 20.8 Å². The van der Waals surface area contributed by atoms with Crippen molar-refractivity contribution < 1.29 is 0 Å². The number of nitrogens with one attached hydrogen (secondary N) is 1. The quantitative estimate of drug-likeness (QED) is 0.617. The number of hydrogen-bond acceptors (Lipinski definition) is 2. The Morgan fingerprint density at radius 2 is 1.67 bits per heavy atom. The molecule has 0 heterocycles. The zero-order valence-corrected chi connectivity index (χ0v) is 11.2. The van der Waals surface area contributed by atoms with Crippen LogP contribution < -0.4 is 5.32 Å². The molecule has 0 saturated carbocycles. The summed E-state index contributed by atoms with van der Waals surface area (Å²) >= 11 is 1.90. The maximum Gasteiger partial charge on any atom is 0.0467 e. The van der Waals surface area contributed by atoms with E-state index >= 15 is 0 Å². The Balaban J connectivity index is 2.68. The molecule has 0 bridgehead atoms. The van der Waals surface area contributed by atoms with Crippen molar-refractivity contribution in [3.8, 4) is 0 Å². The molecule has 1 aromatic rings. The summed E-state index contributed by atoms with van der Waals surface area (Å²) in [6, 6.07) is 5.07. The summed E-state index contributed by atoms with van der Waals surface area (Å²) in [5, 5.41) is 3.43. The van der Waals surface area contributed by atoms with E-state index in [-0.39, 0.29) is 0 Å². The summed E-state index contributed by atoms with van der Waals surface area (Å²) in [5.74, 6) is 0.988. The van der Waals surface area contributed by atoms with Gasteiger partial charge >= 0.3 is 0 Å². The molecule has 0 aliphatic heterocycles. The van der Waals surface area contributed by atoms with E-state index in [9.17, 15) is 0 Å². The lowest BCUT2D eigenvalue weighted by atomic mass is 10.1. The third kappa shape index (κ3) is 3.88. The molecule has 1 aromatic carbocycles. The first kappa shape index (κ1) is 12.6. The fourth-order valence-electron chi connectivity index (χ4n) is 1.67. The molecule has 15 heavy (non-hydrogen) atoms. The lowest BCUT2D eigenvalue weighted by Gasteiger charge is -2.12. The number of rotatable bonds is 4. The Morgan fingerprint density at radius 3 is 2.13 bits per heavy atom. The van der Waals surface area contributed by atoms with Gasteiger partial charge in [0.1, 0.15) is 0 Å². The number of hydrogen-bond donors (Lipinski definition) is 1. The van der Waals surface area contributed by atoms with Crippen LogP contribution in [-0.4, -0.2) is 11.9 Å². The summed E-state index contributed by atoms with van der Waals surface area (Å²) in [7, 11) is 0. The van der Waals surface area contributed by atoms with Crippen molar-refractivity contribution in [1.82, 2.24) is 5.32 Å². The van der Waals surface area contributed by atoms with Crippen LogP contribution >= 0.6 is 11.8 Å². The molecule has 1 nitrogen and oxygen atoms in total. The van der Waals surface area contributed by atoms with Crippen molar-refractivity contribution in [2.75, 3.05) is 5.88 Å². The molecule has 0 aromatic heterocycles. The summed E-state index contributed by atoms with van der Waals surface area (Å²) < 4.78 is 0. The van der Waals surface area contributed by atoms with Gasteiger partial charge in [0.25, 0.3) is 0 Å². The third-order valence-corrected chi connectivity index (χ3v) is 3.56. The minimum Gasteiger partial charge on any atom is -0.305 e. The van der Waals surface area contributed by atoms with E-state index in [4.69, 9.17) is 0 Å². The molecule has 0 unspecified atom stereocenters. The molecule has 0 aliphatic carbocycles. The van der Waals surface area contributed by atoms with Gasteiger partial charge < -0.3 is 5.32 Å². The average Bonchev–Trinajstić information content (AvgIpc) is 2.08. The van der Waals surface area contributed by atoms with Crippen molar-refractivity contribution in [2.24, 2.45) is 0 Å². The van der Waals surface area contributed by atoms with Gasteiger partial charge in [0.2, 0.25) is 0 Å². The number of thioether (sulfide) groups is 1. The molecule has 0 amide bonds. The van der Waals surface area contributed by atoms with Gasteiger partial charge in [-0.25, -0.2) is 0 Å². The molecule has 0 saturated heterocycles. The van der Waals surface area contributed by atoms with Crippen LogP contribution in [0.25, 0.3) is 0 Å². The third-order valence-electron chi connectivity index (χ3n) is 2.31. The molecule has 0 atom stereocenters. The summed E-state index contributed by atoms with van der Waals surface area (Å²) in [4.78, 5) is 1.42. The summed E-state index contributed by atoms with van der Waals surface area (Å²) in [6.45, 7) is 10.9. The van der Waals surface area contributed by atoms with Gasteiger partial charge in [-0.3, -0.25) is 0 Å². The second-order valence-corrected chi connectivity index (χ2v) is 5.36. The minimum atomic E-state index is 0.559. The Morgan fingerprint density at radius 1 is 1.13 bits per heavy atom. The highest BCUT2D eigenvalue weighted by Gasteiger charge is 2.04. The molecular formula is C13H21NS. The van der Waals surface area contributed by atoms with Gasteiger partial charge in [-0.1, -0.05) is 31.5 Å². The largest absolute Gasteiger partial charge is 0.305 e. The molecule has 1 rings (SSSR count). The highest BCUT2D eigenvalue weighted by molar-refractivity contribution is 7.99. The van der Waals surface area contributed by atoms with Gasteiger partial charge in [0, 0.05) is 16.8 Å². The van der Waals surface area contributed by atoms with E-state index in [1.807, 2.05) is 11.8 Å². The molecule has 2 heteroatoms. The Bertz CT molecular complexity index is 308. The van der Waals surface area contributed by atoms with Crippen molar-refractivity contribution in [3.05, 3.63) is 28.8 Å². The molecule has 1 N–H and O–H groups in total. The van der Waals surface area contributed by atoms with E-state index in [0.29, 0.717) is 6.04 Å². The van der Waals surface area contributed by atoms with Gasteiger partial charge in [-0.2, -0.15) is 0 Å². The van der Waals surface area contributed by atoms with E-state index in [1.54, 1.807) is 0 Å². The van der Waals surface area contributed by atoms with Gasteiger partial charge in [0.05, 0.1) is 0 Å². The van der Waals surface area contributed by atoms with Gasteiger partial charge in [-0.05, 0) is 31.9 Å². The minimum absolute atomic E-state index is 0.559. The first-order valence-corrected chi connectivity index (χ1v) is 6.43. The van der Waals surface area contributed by atoms with Gasteiger partial charge in [0.15, 0.2) is 0 Å². The Kier molecular flexibility index (Phi) is 4.68. The predicted octanol–water partition coefficient (Wildman–Crippen LogP) is 3.66. The first-order valence-electron chi connectivity index (χ1n) is 5.44. The zero-order valence-electron chi connectivity index (χ0n) is 10.3. The number of aryl methyl sites for hydroxylation is 3. The van der Waals surface area contributed by atoms with Crippen LogP contribution in [0.1, 0.15) is 30.5 Å². The van der Waals surface area contributed by atoms with Crippen LogP contribution in [-0.2, 0) is 0 Å². The maximum absolute atomic E-state index is 3.43. The maximum atomic E-state index is 3.43. The predicted molar refractivity (Wildman–Crippen MR) is 69.6 cm³/mol. The van der Waals surface area contributed by atoms with Crippen LogP contribution in [0.4, 0.5) is 0 Å². The molecule has 0 radical (unpaired) electrons. The lowest BCUT2D eigenvalue weighted by molar-refractivity contribution is 0.654.